The minimum atomic E-state index is -0.680. The molecular weight excluding hydrogens is 408 g/mol. The van der Waals surface area contributed by atoms with Crippen molar-refractivity contribution < 1.29 is 15.3 Å². The first-order valence-corrected chi connectivity index (χ1v) is 13.8. The molecule has 4 aliphatic carbocycles. The summed E-state index contributed by atoms with van der Waals surface area (Å²) in [7, 11) is 0. The van der Waals surface area contributed by atoms with E-state index in [0.717, 1.165) is 6.42 Å². The number of hydrogen-bond donors (Lipinski definition) is 3. The smallest absolute Gasteiger partial charge is 0.0804 e. The summed E-state index contributed by atoms with van der Waals surface area (Å²) in [5.74, 6) is 4.17. The Kier molecular flexibility index (Phi) is 7.02. The average molecular weight is 459 g/mol. The van der Waals surface area contributed by atoms with Gasteiger partial charge in [0.05, 0.1) is 18.3 Å². The molecule has 0 bridgehead atoms. The molecule has 0 aromatic carbocycles. The molecule has 4 rings (SSSR count). The predicted molar refractivity (Wildman–Crippen MR) is 135 cm³/mol. The third kappa shape index (κ3) is 4.19. The van der Waals surface area contributed by atoms with E-state index < -0.39 is 12.2 Å². The van der Waals surface area contributed by atoms with Crippen molar-refractivity contribution in [2.75, 3.05) is 0 Å². The maximum atomic E-state index is 11.2. The van der Waals surface area contributed by atoms with Crippen LogP contribution in [0.4, 0.5) is 0 Å². The zero-order chi connectivity index (χ0) is 24.3. The lowest BCUT2D eigenvalue weighted by Crippen LogP contribution is -2.60. The summed E-state index contributed by atoms with van der Waals surface area (Å²) in [6, 6.07) is 0. The highest BCUT2D eigenvalue weighted by molar-refractivity contribution is 5.14. The molecule has 3 heteroatoms. The van der Waals surface area contributed by atoms with Crippen LogP contribution in [0.5, 0.6) is 0 Å². The molecule has 3 nitrogen and oxygen atoms in total. The normalized spacial score (nSPS) is 49.4. The molecule has 2 unspecified atom stereocenters. The Bertz CT molecular complexity index is 758. The van der Waals surface area contributed by atoms with Crippen LogP contribution < -0.4 is 0 Å². The van der Waals surface area contributed by atoms with Gasteiger partial charge in [-0.2, -0.15) is 0 Å². The molecule has 0 spiro atoms. The number of hydrogen-bond acceptors (Lipinski definition) is 3. The summed E-state index contributed by atoms with van der Waals surface area (Å²) in [6.45, 7) is 18.2. The SMILES string of the molecule is C=C(C)C(/C=C\[C@@H](C)[C@H]1CC[C@H]2[C@@H]3C[C@H](O)C4C[C@H](O)[C@@H](O)C[C@]4(C)[C@H]3CC[C@]12C)C(C)C. The van der Waals surface area contributed by atoms with Crippen molar-refractivity contribution >= 4 is 0 Å². The quantitative estimate of drug-likeness (QED) is 0.444. The highest BCUT2D eigenvalue weighted by Crippen LogP contribution is 2.68. The third-order valence-electron chi connectivity index (χ3n) is 11.3. The van der Waals surface area contributed by atoms with Crippen molar-refractivity contribution in [2.24, 2.45) is 58.2 Å². The van der Waals surface area contributed by atoms with Gasteiger partial charge in [0, 0.05) is 0 Å². The maximum Gasteiger partial charge on any atom is 0.0804 e. The molecule has 0 aromatic rings. The molecule has 0 aliphatic heterocycles. The second kappa shape index (κ2) is 9.10. The Labute approximate surface area is 202 Å². The first kappa shape index (κ1) is 25.5. The fourth-order valence-corrected chi connectivity index (χ4v) is 9.61. The molecule has 12 atom stereocenters. The molecule has 4 saturated carbocycles. The lowest BCUT2D eigenvalue weighted by Gasteiger charge is -2.62. The number of rotatable bonds is 5. The van der Waals surface area contributed by atoms with Gasteiger partial charge >= 0.3 is 0 Å². The number of allylic oxidation sites excluding steroid dienone is 3. The van der Waals surface area contributed by atoms with Crippen LogP contribution in [-0.2, 0) is 0 Å². The molecule has 188 valence electrons. The number of fused-ring (bicyclic) bond motifs is 5. The van der Waals surface area contributed by atoms with Crippen LogP contribution in [0.1, 0.15) is 86.5 Å². The lowest BCUT2D eigenvalue weighted by molar-refractivity contribution is -0.195. The summed E-state index contributed by atoms with van der Waals surface area (Å²) in [5.41, 5.74) is 1.53. The van der Waals surface area contributed by atoms with E-state index in [2.05, 4.69) is 60.3 Å². The van der Waals surface area contributed by atoms with E-state index in [4.69, 9.17) is 0 Å². The molecule has 0 saturated heterocycles. The first-order valence-electron chi connectivity index (χ1n) is 13.8. The molecular formula is C30H50O3. The molecule has 3 N–H and O–H groups in total. The van der Waals surface area contributed by atoms with Crippen LogP contribution in [0.15, 0.2) is 24.3 Å². The van der Waals surface area contributed by atoms with E-state index in [1.807, 2.05) is 0 Å². The molecule has 4 fully saturated rings. The average Bonchev–Trinajstić information content (AvgIpc) is 3.07. The number of aliphatic hydroxyl groups excluding tert-OH is 3. The van der Waals surface area contributed by atoms with Crippen LogP contribution in [-0.4, -0.2) is 33.6 Å². The Hall–Kier alpha value is -0.640. The minimum Gasteiger partial charge on any atom is -0.393 e. The van der Waals surface area contributed by atoms with Crippen LogP contribution in [0, 0.1) is 58.2 Å². The van der Waals surface area contributed by atoms with Crippen molar-refractivity contribution in [1.82, 2.24) is 0 Å². The van der Waals surface area contributed by atoms with Gasteiger partial charge < -0.3 is 15.3 Å². The van der Waals surface area contributed by atoms with Crippen molar-refractivity contribution in [3.63, 3.8) is 0 Å². The van der Waals surface area contributed by atoms with Crippen LogP contribution in [0.2, 0.25) is 0 Å². The number of aliphatic hydroxyl groups is 3. The van der Waals surface area contributed by atoms with Crippen molar-refractivity contribution in [3.8, 4) is 0 Å². The van der Waals surface area contributed by atoms with Crippen molar-refractivity contribution in [2.45, 2.75) is 105 Å². The van der Waals surface area contributed by atoms with Crippen LogP contribution >= 0.6 is 0 Å². The second-order valence-corrected chi connectivity index (χ2v) is 13.5. The lowest BCUT2D eigenvalue weighted by atomic mass is 9.43. The summed E-state index contributed by atoms with van der Waals surface area (Å²) in [5, 5.41) is 32.1. The summed E-state index contributed by atoms with van der Waals surface area (Å²) in [6.07, 6.45) is 10.3. The van der Waals surface area contributed by atoms with E-state index >= 15 is 0 Å². The maximum absolute atomic E-state index is 11.2. The van der Waals surface area contributed by atoms with Crippen molar-refractivity contribution in [3.05, 3.63) is 24.3 Å². The molecule has 0 radical (unpaired) electrons. The van der Waals surface area contributed by atoms with E-state index in [1.54, 1.807) is 0 Å². The zero-order valence-corrected chi connectivity index (χ0v) is 22.0. The topological polar surface area (TPSA) is 60.7 Å². The largest absolute Gasteiger partial charge is 0.393 e. The van der Waals surface area contributed by atoms with Gasteiger partial charge in [-0.15, -0.1) is 0 Å². The monoisotopic (exact) mass is 458 g/mol. The molecule has 0 aromatic heterocycles. The molecule has 0 amide bonds. The Balaban J connectivity index is 1.54. The van der Waals surface area contributed by atoms with Gasteiger partial charge in [-0.05, 0) is 110 Å². The van der Waals surface area contributed by atoms with E-state index in [1.165, 1.54) is 31.3 Å². The van der Waals surface area contributed by atoms with Crippen molar-refractivity contribution in [1.29, 1.82) is 0 Å². The molecule has 4 aliphatic rings. The fourth-order valence-electron chi connectivity index (χ4n) is 9.61. The van der Waals surface area contributed by atoms with Gasteiger partial charge in [-0.25, -0.2) is 0 Å². The summed E-state index contributed by atoms with van der Waals surface area (Å²) >= 11 is 0. The Morgan fingerprint density at radius 3 is 2.15 bits per heavy atom. The van der Waals surface area contributed by atoms with Gasteiger partial charge in [-0.3, -0.25) is 0 Å². The fraction of sp³-hybridized carbons (Fsp3) is 0.867. The first-order chi connectivity index (χ1) is 15.4. The van der Waals surface area contributed by atoms with Gasteiger partial charge in [0.25, 0.3) is 0 Å². The summed E-state index contributed by atoms with van der Waals surface area (Å²) < 4.78 is 0. The highest BCUT2D eigenvalue weighted by Gasteiger charge is 2.63. The second-order valence-electron chi connectivity index (χ2n) is 13.5. The highest BCUT2D eigenvalue weighted by atomic mass is 16.3. The predicted octanol–water partition coefficient (Wildman–Crippen LogP) is 5.99. The van der Waals surface area contributed by atoms with Gasteiger partial charge in [0.15, 0.2) is 0 Å². The van der Waals surface area contributed by atoms with Crippen LogP contribution in [0.3, 0.4) is 0 Å². The molecule has 0 heterocycles. The third-order valence-corrected chi connectivity index (χ3v) is 11.3. The van der Waals surface area contributed by atoms with Gasteiger partial charge in [0.1, 0.15) is 0 Å². The zero-order valence-electron chi connectivity index (χ0n) is 22.0. The van der Waals surface area contributed by atoms with Crippen LogP contribution in [0.25, 0.3) is 0 Å². The Morgan fingerprint density at radius 2 is 1.52 bits per heavy atom. The Morgan fingerprint density at radius 1 is 0.848 bits per heavy atom. The molecule has 33 heavy (non-hydrogen) atoms. The standard InChI is InChI=1S/C30H50O3/c1-17(2)20(18(3)4)9-8-19(5)22-10-11-23-21-14-26(31)25-15-27(32)28(33)16-30(25,7)24(21)12-13-29(22,23)6/h8-9,18-28,31-33H,1,10-16H2,2-7H3/b9-8-/t19-,20?,21+,22-,23+,24+,25?,26+,27+,28+,29-,30-/m1/s1. The van der Waals surface area contributed by atoms with E-state index in [-0.39, 0.29) is 17.4 Å². The van der Waals surface area contributed by atoms with Gasteiger partial charge in [-0.1, -0.05) is 58.9 Å². The minimum absolute atomic E-state index is 0.0577. The van der Waals surface area contributed by atoms with Gasteiger partial charge in [0.2, 0.25) is 0 Å². The van der Waals surface area contributed by atoms with E-state index in [0.29, 0.717) is 59.7 Å². The summed E-state index contributed by atoms with van der Waals surface area (Å²) in [4.78, 5) is 0. The van der Waals surface area contributed by atoms with E-state index in [9.17, 15) is 15.3 Å².